The average molecular weight is 493 g/mol. The first kappa shape index (κ1) is 25.2. The highest BCUT2D eigenvalue weighted by Gasteiger charge is 2.24. The number of hydrogen-bond donors (Lipinski definition) is 0. The van der Waals surface area contributed by atoms with E-state index in [9.17, 15) is 0 Å². The third-order valence-corrected chi connectivity index (χ3v) is 7.09. The molecule has 0 saturated carbocycles. The van der Waals surface area contributed by atoms with Gasteiger partial charge in [0.05, 0.1) is 11.4 Å². The molecule has 0 spiro atoms. The van der Waals surface area contributed by atoms with Crippen molar-refractivity contribution >= 4 is 0 Å². The molecule has 0 radical (unpaired) electrons. The van der Waals surface area contributed by atoms with Gasteiger partial charge in [-0.3, -0.25) is 14.9 Å². The van der Waals surface area contributed by atoms with Crippen molar-refractivity contribution in [3.05, 3.63) is 84.4 Å². The Bertz CT molecular complexity index is 1340. The van der Waals surface area contributed by atoms with Crippen LogP contribution < -0.4 is 0 Å². The standard InChI is InChI=1S/C31H36N6/c1-31(2,3)29-17-28(34-30(35-29)27-8-6-7-14-33-27)25-16-24(18-32-19-25)23-11-9-22(10-12-23)20-37-15-13-26(21-37)36(4)5/h6-12,14,16-19,26H,13,15,20-21H2,1-5H3/t26-/m1/s1. The van der Waals surface area contributed by atoms with Gasteiger partial charge in [0.1, 0.15) is 5.69 Å². The Hall–Kier alpha value is -3.48. The molecule has 6 heteroatoms. The van der Waals surface area contributed by atoms with Crippen molar-refractivity contribution < 1.29 is 0 Å². The summed E-state index contributed by atoms with van der Waals surface area (Å²) in [6.45, 7) is 9.79. The highest BCUT2D eigenvalue weighted by molar-refractivity contribution is 5.71. The Balaban J connectivity index is 1.41. The van der Waals surface area contributed by atoms with Gasteiger partial charge in [-0.15, -0.1) is 0 Å². The molecule has 1 fully saturated rings. The van der Waals surface area contributed by atoms with Crippen LogP contribution in [0.15, 0.2) is 73.2 Å². The van der Waals surface area contributed by atoms with E-state index in [1.807, 2.05) is 30.6 Å². The third kappa shape index (κ3) is 5.92. The van der Waals surface area contributed by atoms with Crippen molar-refractivity contribution in [2.45, 2.75) is 45.2 Å². The molecular formula is C31H36N6. The van der Waals surface area contributed by atoms with Gasteiger partial charge in [0.2, 0.25) is 0 Å². The smallest absolute Gasteiger partial charge is 0.178 e. The first-order chi connectivity index (χ1) is 17.8. The van der Waals surface area contributed by atoms with Crippen LogP contribution in [0.5, 0.6) is 0 Å². The van der Waals surface area contributed by atoms with E-state index in [2.05, 4.69) is 91.0 Å². The summed E-state index contributed by atoms with van der Waals surface area (Å²) in [6, 6.07) is 19.6. The molecule has 1 atom stereocenters. The summed E-state index contributed by atoms with van der Waals surface area (Å²) in [6.07, 6.45) is 6.82. The van der Waals surface area contributed by atoms with Gasteiger partial charge in [-0.1, -0.05) is 51.1 Å². The fourth-order valence-electron chi connectivity index (χ4n) is 4.76. The Kier molecular flexibility index (Phi) is 7.13. The maximum absolute atomic E-state index is 4.89. The molecule has 0 amide bonds. The molecule has 190 valence electrons. The van der Waals surface area contributed by atoms with Crippen molar-refractivity contribution in [3.63, 3.8) is 0 Å². The van der Waals surface area contributed by atoms with Crippen LogP contribution in [0.3, 0.4) is 0 Å². The number of benzene rings is 1. The maximum Gasteiger partial charge on any atom is 0.178 e. The SMILES string of the molecule is CN(C)[C@@H]1CCN(Cc2ccc(-c3cncc(-c4cc(C(C)(C)C)nc(-c5ccccn5)n4)c3)cc2)C1. The summed E-state index contributed by atoms with van der Waals surface area (Å²) < 4.78 is 0. The molecule has 5 rings (SSSR count). The number of nitrogens with zero attached hydrogens (tertiary/aromatic N) is 6. The van der Waals surface area contributed by atoms with Crippen molar-refractivity contribution in [3.8, 4) is 33.9 Å². The van der Waals surface area contributed by atoms with E-state index >= 15 is 0 Å². The molecule has 4 aromatic rings. The predicted octanol–water partition coefficient (Wildman–Crippen LogP) is 5.70. The summed E-state index contributed by atoms with van der Waals surface area (Å²) >= 11 is 0. The largest absolute Gasteiger partial charge is 0.305 e. The number of pyridine rings is 2. The average Bonchev–Trinajstić information content (AvgIpc) is 3.38. The van der Waals surface area contributed by atoms with Crippen LogP contribution in [-0.2, 0) is 12.0 Å². The molecule has 1 aliphatic rings. The molecule has 1 aliphatic heterocycles. The van der Waals surface area contributed by atoms with Crippen molar-refractivity contribution in [1.29, 1.82) is 0 Å². The summed E-state index contributed by atoms with van der Waals surface area (Å²) in [5.74, 6) is 0.635. The summed E-state index contributed by atoms with van der Waals surface area (Å²) in [5, 5.41) is 0. The lowest BCUT2D eigenvalue weighted by Crippen LogP contribution is -2.31. The summed E-state index contributed by atoms with van der Waals surface area (Å²) in [4.78, 5) is 23.7. The van der Waals surface area contributed by atoms with Gasteiger partial charge in [0.25, 0.3) is 0 Å². The number of likely N-dealkylation sites (N-methyl/N-ethyl adjacent to an activating group) is 1. The van der Waals surface area contributed by atoms with Crippen LogP contribution in [0, 0.1) is 0 Å². The minimum Gasteiger partial charge on any atom is -0.305 e. The van der Waals surface area contributed by atoms with Gasteiger partial charge in [0.15, 0.2) is 5.82 Å². The molecule has 1 saturated heterocycles. The van der Waals surface area contributed by atoms with Gasteiger partial charge in [-0.2, -0.15) is 0 Å². The van der Waals surface area contributed by atoms with Crippen LogP contribution in [0.1, 0.15) is 38.4 Å². The summed E-state index contributed by atoms with van der Waals surface area (Å²) in [5.41, 5.74) is 7.03. The number of rotatable bonds is 6. The predicted molar refractivity (Wildman–Crippen MR) is 150 cm³/mol. The van der Waals surface area contributed by atoms with E-state index in [4.69, 9.17) is 9.97 Å². The Labute approximate surface area is 220 Å². The molecule has 4 heterocycles. The lowest BCUT2D eigenvalue weighted by molar-refractivity contribution is 0.264. The first-order valence-electron chi connectivity index (χ1n) is 13.0. The molecule has 0 unspecified atom stereocenters. The highest BCUT2D eigenvalue weighted by Crippen LogP contribution is 2.30. The Morgan fingerprint density at radius 2 is 1.68 bits per heavy atom. The lowest BCUT2D eigenvalue weighted by atomic mass is 9.91. The second-order valence-electron chi connectivity index (χ2n) is 11.2. The molecule has 1 aromatic carbocycles. The Morgan fingerprint density at radius 3 is 2.35 bits per heavy atom. The van der Waals surface area contributed by atoms with Gasteiger partial charge in [0, 0.05) is 60.8 Å². The highest BCUT2D eigenvalue weighted by atomic mass is 15.2. The van der Waals surface area contributed by atoms with E-state index in [0.717, 1.165) is 53.4 Å². The third-order valence-electron chi connectivity index (χ3n) is 7.09. The zero-order chi connectivity index (χ0) is 26.0. The second-order valence-corrected chi connectivity index (χ2v) is 11.2. The number of aromatic nitrogens is 4. The first-order valence-corrected chi connectivity index (χ1v) is 13.0. The fraction of sp³-hybridized carbons (Fsp3) is 0.355. The van der Waals surface area contributed by atoms with Gasteiger partial charge in [-0.05, 0) is 55.9 Å². The molecule has 0 N–H and O–H groups in total. The van der Waals surface area contributed by atoms with Crippen molar-refractivity contribution in [1.82, 2.24) is 29.7 Å². The monoisotopic (exact) mass is 492 g/mol. The van der Waals surface area contributed by atoms with Gasteiger partial charge in [-0.25, -0.2) is 9.97 Å². The van der Waals surface area contributed by atoms with Crippen LogP contribution in [0.25, 0.3) is 33.9 Å². The second kappa shape index (κ2) is 10.5. The van der Waals surface area contributed by atoms with E-state index in [1.165, 1.54) is 12.0 Å². The zero-order valence-electron chi connectivity index (χ0n) is 22.5. The molecule has 3 aromatic heterocycles. The molecule has 6 nitrogen and oxygen atoms in total. The van der Waals surface area contributed by atoms with Crippen LogP contribution in [0.2, 0.25) is 0 Å². The molecule has 0 aliphatic carbocycles. The quantitative estimate of drug-likeness (QED) is 0.344. The van der Waals surface area contributed by atoms with Gasteiger partial charge < -0.3 is 4.90 Å². The van der Waals surface area contributed by atoms with Gasteiger partial charge >= 0.3 is 0 Å². The Morgan fingerprint density at radius 1 is 0.892 bits per heavy atom. The normalized spacial score (nSPS) is 16.4. The number of likely N-dealkylation sites (tertiary alicyclic amines) is 1. The van der Waals surface area contributed by atoms with Crippen molar-refractivity contribution in [2.75, 3.05) is 27.2 Å². The molecule has 37 heavy (non-hydrogen) atoms. The lowest BCUT2D eigenvalue weighted by Gasteiger charge is -2.20. The van der Waals surface area contributed by atoms with E-state index < -0.39 is 0 Å². The fourth-order valence-corrected chi connectivity index (χ4v) is 4.76. The summed E-state index contributed by atoms with van der Waals surface area (Å²) in [7, 11) is 4.35. The minimum atomic E-state index is -0.121. The minimum absolute atomic E-state index is 0.121. The zero-order valence-corrected chi connectivity index (χ0v) is 22.5. The number of hydrogen-bond acceptors (Lipinski definition) is 6. The van der Waals surface area contributed by atoms with Crippen LogP contribution >= 0.6 is 0 Å². The van der Waals surface area contributed by atoms with Crippen LogP contribution in [0.4, 0.5) is 0 Å². The molecule has 0 bridgehead atoms. The van der Waals surface area contributed by atoms with E-state index in [0.29, 0.717) is 11.9 Å². The van der Waals surface area contributed by atoms with E-state index in [-0.39, 0.29) is 5.41 Å². The van der Waals surface area contributed by atoms with Crippen LogP contribution in [-0.4, -0.2) is 63.0 Å². The maximum atomic E-state index is 4.89. The van der Waals surface area contributed by atoms with E-state index in [1.54, 1.807) is 6.20 Å². The van der Waals surface area contributed by atoms with Crippen molar-refractivity contribution in [2.24, 2.45) is 0 Å². The molecular weight excluding hydrogens is 456 g/mol. The topological polar surface area (TPSA) is 58.0 Å².